The Morgan fingerprint density at radius 1 is 1.30 bits per heavy atom. The standard InChI is InChI=1S/C18H22FN7O/c1-6-7-26-17-15(12(4)24-26)13(8-10(2)21-17)18(27)22-20-9-14-11(3)23-25(5)16(14)19/h8-9H,6-7H2,1-5H3,(H,22,27). The van der Waals surface area contributed by atoms with E-state index in [2.05, 4.69) is 32.6 Å². The van der Waals surface area contributed by atoms with Crippen molar-refractivity contribution < 1.29 is 9.18 Å². The SMILES string of the molecule is CCCn1nc(C)c2c(C(=O)NN=Cc3c(C)nn(C)c3F)cc(C)nc21. The van der Waals surface area contributed by atoms with Crippen LogP contribution < -0.4 is 5.43 Å². The molecule has 0 saturated carbocycles. The van der Waals surface area contributed by atoms with Crippen molar-refractivity contribution in [1.29, 1.82) is 0 Å². The second-order valence-electron chi connectivity index (χ2n) is 6.43. The van der Waals surface area contributed by atoms with Gasteiger partial charge < -0.3 is 0 Å². The van der Waals surface area contributed by atoms with Crippen LogP contribution in [0.15, 0.2) is 11.2 Å². The molecule has 8 nitrogen and oxygen atoms in total. The Hall–Kier alpha value is -3.10. The number of rotatable bonds is 5. The lowest BCUT2D eigenvalue weighted by Crippen LogP contribution is -2.19. The highest BCUT2D eigenvalue weighted by Crippen LogP contribution is 2.22. The van der Waals surface area contributed by atoms with Crippen molar-refractivity contribution in [2.45, 2.75) is 40.7 Å². The molecule has 0 spiro atoms. The van der Waals surface area contributed by atoms with Crippen molar-refractivity contribution in [1.82, 2.24) is 30.0 Å². The molecule has 0 atom stereocenters. The first-order chi connectivity index (χ1) is 12.8. The Bertz CT molecular complexity index is 1050. The van der Waals surface area contributed by atoms with E-state index in [-0.39, 0.29) is 5.56 Å². The van der Waals surface area contributed by atoms with Gasteiger partial charge in [-0.15, -0.1) is 0 Å². The minimum atomic E-state index is -0.510. The van der Waals surface area contributed by atoms with Gasteiger partial charge in [-0.2, -0.15) is 19.7 Å². The molecule has 3 rings (SSSR count). The molecule has 0 unspecified atom stereocenters. The van der Waals surface area contributed by atoms with E-state index >= 15 is 0 Å². The highest BCUT2D eigenvalue weighted by atomic mass is 19.1. The zero-order chi connectivity index (χ0) is 19.7. The molecule has 3 heterocycles. The minimum absolute atomic E-state index is 0.237. The van der Waals surface area contributed by atoms with Gasteiger partial charge in [0, 0.05) is 19.3 Å². The Morgan fingerprint density at radius 3 is 2.67 bits per heavy atom. The molecule has 0 fully saturated rings. The van der Waals surface area contributed by atoms with Gasteiger partial charge in [0.15, 0.2) is 5.65 Å². The number of hydrogen-bond donors (Lipinski definition) is 1. The van der Waals surface area contributed by atoms with Crippen LogP contribution in [0.3, 0.4) is 0 Å². The summed E-state index contributed by atoms with van der Waals surface area (Å²) in [6.07, 6.45) is 2.17. The van der Waals surface area contributed by atoms with Gasteiger partial charge in [0.25, 0.3) is 5.91 Å². The number of aromatic nitrogens is 5. The van der Waals surface area contributed by atoms with Gasteiger partial charge in [0.2, 0.25) is 5.95 Å². The summed E-state index contributed by atoms with van der Waals surface area (Å²) < 4.78 is 16.9. The number of nitrogens with one attached hydrogen (secondary N) is 1. The molecule has 1 N–H and O–H groups in total. The molecule has 1 amide bonds. The number of hydrazone groups is 1. The Labute approximate surface area is 156 Å². The predicted octanol–water partition coefficient (Wildman–Crippen LogP) is 2.40. The lowest BCUT2D eigenvalue weighted by molar-refractivity contribution is 0.0956. The molecular formula is C18H22FN7O. The number of pyridine rings is 1. The van der Waals surface area contributed by atoms with Crippen molar-refractivity contribution in [2.24, 2.45) is 12.1 Å². The zero-order valence-electron chi connectivity index (χ0n) is 16.0. The van der Waals surface area contributed by atoms with Crippen LogP contribution in [0.2, 0.25) is 0 Å². The maximum absolute atomic E-state index is 13.9. The molecule has 0 bridgehead atoms. The molecule has 0 aromatic carbocycles. The number of carbonyl (C=O) groups is 1. The van der Waals surface area contributed by atoms with E-state index < -0.39 is 11.9 Å². The summed E-state index contributed by atoms with van der Waals surface area (Å²) in [6, 6.07) is 1.70. The van der Waals surface area contributed by atoms with Gasteiger partial charge in [0.1, 0.15) is 0 Å². The average Bonchev–Trinajstić information content (AvgIpc) is 3.05. The molecule has 0 radical (unpaired) electrons. The largest absolute Gasteiger partial charge is 0.272 e. The highest BCUT2D eigenvalue weighted by molar-refractivity contribution is 6.06. The van der Waals surface area contributed by atoms with Crippen LogP contribution in [-0.4, -0.2) is 36.7 Å². The molecule has 27 heavy (non-hydrogen) atoms. The molecule has 142 valence electrons. The van der Waals surface area contributed by atoms with Crippen LogP contribution in [0.25, 0.3) is 11.0 Å². The zero-order valence-corrected chi connectivity index (χ0v) is 16.0. The fourth-order valence-corrected chi connectivity index (χ4v) is 3.03. The van der Waals surface area contributed by atoms with E-state index in [9.17, 15) is 9.18 Å². The quantitative estimate of drug-likeness (QED) is 0.551. The smallest absolute Gasteiger partial charge is 0.267 e. The van der Waals surface area contributed by atoms with Crippen LogP contribution in [0.5, 0.6) is 0 Å². The lowest BCUT2D eigenvalue weighted by Gasteiger charge is -2.05. The molecule has 0 aliphatic carbocycles. The van der Waals surface area contributed by atoms with E-state index in [4.69, 9.17) is 0 Å². The monoisotopic (exact) mass is 371 g/mol. The Morgan fingerprint density at radius 2 is 2.04 bits per heavy atom. The van der Waals surface area contributed by atoms with Crippen molar-refractivity contribution in [3.63, 3.8) is 0 Å². The molecular weight excluding hydrogens is 349 g/mol. The molecule has 0 aliphatic heterocycles. The maximum Gasteiger partial charge on any atom is 0.272 e. The summed E-state index contributed by atoms with van der Waals surface area (Å²) in [5.74, 6) is -0.910. The van der Waals surface area contributed by atoms with Gasteiger partial charge in [-0.3, -0.25) is 4.79 Å². The van der Waals surface area contributed by atoms with Crippen molar-refractivity contribution in [3.8, 4) is 0 Å². The van der Waals surface area contributed by atoms with Crippen LogP contribution in [0, 0.1) is 26.7 Å². The third-order valence-corrected chi connectivity index (χ3v) is 4.24. The second-order valence-corrected chi connectivity index (χ2v) is 6.43. The van der Waals surface area contributed by atoms with E-state index in [0.29, 0.717) is 28.0 Å². The van der Waals surface area contributed by atoms with Gasteiger partial charge in [0.05, 0.1) is 34.1 Å². The second kappa shape index (κ2) is 7.26. The van der Waals surface area contributed by atoms with Crippen LogP contribution in [0.4, 0.5) is 4.39 Å². The predicted molar refractivity (Wildman–Crippen MR) is 100 cm³/mol. The summed E-state index contributed by atoms with van der Waals surface area (Å²) in [5.41, 5.74) is 5.75. The van der Waals surface area contributed by atoms with E-state index in [1.807, 2.05) is 18.5 Å². The Kier molecular flexibility index (Phi) is 5.02. The first-order valence-electron chi connectivity index (χ1n) is 8.70. The minimum Gasteiger partial charge on any atom is -0.267 e. The van der Waals surface area contributed by atoms with Crippen molar-refractivity contribution in [3.05, 3.63) is 40.2 Å². The topological polar surface area (TPSA) is 90.0 Å². The summed E-state index contributed by atoms with van der Waals surface area (Å²) >= 11 is 0. The number of fused-ring (bicyclic) bond motifs is 1. The molecule has 9 heteroatoms. The van der Waals surface area contributed by atoms with E-state index in [1.165, 1.54) is 13.3 Å². The van der Waals surface area contributed by atoms with Crippen LogP contribution >= 0.6 is 0 Å². The van der Waals surface area contributed by atoms with Crippen molar-refractivity contribution in [2.75, 3.05) is 0 Å². The highest BCUT2D eigenvalue weighted by Gasteiger charge is 2.18. The fraction of sp³-hybridized carbons (Fsp3) is 0.389. The number of carbonyl (C=O) groups excluding carboxylic acids is 1. The Balaban J connectivity index is 1.93. The third kappa shape index (κ3) is 3.44. The number of amides is 1. The first kappa shape index (κ1) is 18.7. The molecule has 0 saturated heterocycles. The normalized spacial score (nSPS) is 11.6. The lowest BCUT2D eigenvalue weighted by atomic mass is 10.1. The average molecular weight is 371 g/mol. The van der Waals surface area contributed by atoms with Crippen LogP contribution in [-0.2, 0) is 13.6 Å². The molecule has 3 aromatic heterocycles. The number of nitrogens with zero attached hydrogens (tertiary/aromatic N) is 6. The number of hydrogen-bond acceptors (Lipinski definition) is 5. The summed E-state index contributed by atoms with van der Waals surface area (Å²) in [5, 5.41) is 13.1. The maximum atomic E-state index is 13.9. The summed E-state index contributed by atoms with van der Waals surface area (Å²) in [7, 11) is 1.51. The molecule has 3 aromatic rings. The summed E-state index contributed by atoms with van der Waals surface area (Å²) in [4.78, 5) is 17.2. The van der Waals surface area contributed by atoms with E-state index in [0.717, 1.165) is 23.3 Å². The first-order valence-corrected chi connectivity index (χ1v) is 8.70. The molecule has 0 aliphatic rings. The van der Waals surface area contributed by atoms with Gasteiger partial charge in [-0.25, -0.2) is 19.8 Å². The number of aryl methyl sites for hydroxylation is 5. The van der Waals surface area contributed by atoms with Crippen LogP contribution in [0.1, 0.15) is 46.3 Å². The fourth-order valence-electron chi connectivity index (χ4n) is 3.03. The number of halogens is 1. The van der Waals surface area contributed by atoms with Gasteiger partial charge in [-0.1, -0.05) is 6.92 Å². The summed E-state index contributed by atoms with van der Waals surface area (Å²) in [6.45, 7) is 8.13. The van der Waals surface area contributed by atoms with Gasteiger partial charge >= 0.3 is 0 Å². The third-order valence-electron chi connectivity index (χ3n) is 4.24. The van der Waals surface area contributed by atoms with Gasteiger partial charge in [-0.05, 0) is 33.3 Å². The van der Waals surface area contributed by atoms with Crippen molar-refractivity contribution >= 4 is 23.2 Å². The van der Waals surface area contributed by atoms with E-state index in [1.54, 1.807) is 13.0 Å².